The van der Waals surface area contributed by atoms with Gasteiger partial charge in [0.2, 0.25) is 5.91 Å². The van der Waals surface area contributed by atoms with Crippen molar-refractivity contribution in [3.63, 3.8) is 0 Å². The molecule has 5 nitrogen and oxygen atoms in total. The normalized spacial score (nSPS) is 34.8. The Kier molecular flexibility index (Phi) is 3.49. The van der Waals surface area contributed by atoms with E-state index in [0.717, 1.165) is 25.9 Å². The molecular formula is C14H25N3O2. The van der Waals surface area contributed by atoms with Crippen LogP contribution in [0.3, 0.4) is 0 Å². The molecule has 0 aromatic carbocycles. The summed E-state index contributed by atoms with van der Waals surface area (Å²) in [6, 6.07) is 0. The van der Waals surface area contributed by atoms with Gasteiger partial charge in [0.15, 0.2) is 5.84 Å². The van der Waals surface area contributed by atoms with Gasteiger partial charge in [-0.25, -0.2) is 0 Å². The predicted molar refractivity (Wildman–Crippen MR) is 73.8 cm³/mol. The zero-order valence-corrected chi connectivity index (χ0v) is 12.1. The van der Waals surface area contributed by atoms with E-state index in [4.69, 9.17) is 10.9 Å². The van der Waals surface area contributed by atoms with Crippen molar-refractivity contribution in [3.8, 4) is 0 Å². The third-order valence-corrected chi connectivity index (χ3v) is 4.81. The Balaban J connectivity index is 2.10. The SMILES string of the molecule is CC1CC(C(=O)N2CCC(C)(C)CC2)(C(N)=NO)C1. The standard InChI is InChI=1S/C14H25N3O2/c1-10-8-14(9-10,11(15)16-19)12(18)17-6-4-13(2,3)5-7-17/h10,19H,4-9H2,1-3H3,(H2,15,16). The molecule has 1 saturated carbocycles. The van der Waals surface area contributed by atoms with Crippen molar-refractivity contribution in [2.24, 2.45) is 27.6 Å². The molecule has 1 saturated heterocycles. The molecule has 2 fully saturated rings. The number of oxime groups is 1. The highest BCUT2D eigenvalue weighted by Crippen LogP contribution is 2.47. The minimum Gasteiger partial charge on any atom is -0.409 e. The molecule has 0 bridgehead atoms. The first kappa shape index (κ1) is 14.2. The number of amidine groups is 1. The lowest BCUT2D eigenvalue weighted by Crippen LogP contribution is -2.59. The number of carbonyl (C=O) groups is 1. The number of likely N-dealkylation sites (tertiary alicyclic amines) is 1. The number of hydrogen-bond donors (Lipinski definition) is 2. The van der Waals surface area contributed by atoms with E-state index < -0.39 is 5.41 Å². The first-order chi connectivity index (χ1) is 8.81. The van der Waals surface area contributed by atoms with E-state index in [2.05, 4.69) is 25.9 Å². The van der Waals surface area contributed by atoms with Crippen molar-refractivity contribution in [2.45, 2.75) is 46.5 Å². The maximum absolute atomic E-state index is 12.7. The highest BCUT2D eigenvalue weighted by molar-refractivity contribution is 6.07. The molecule has 1 aliphatic heterocycles. The highest BCUT2D eigenvalue weighted by Gasteiger charge is 2.54. The van der Waals surface area contributed by atoms with Crippen LogP contribution in [-0.4, -0.2) is 34.9 Å². The summed E-state index contributed by atoms with van der Waals surface area (Å²) in [4.78, 5) is 14.6. The minimum absolute atomic E-state index is 0.0522. The number of nitrogens with zero attached hydrogens (tertiary/aromatic N) is 2. The molecule has 2 aliphatic rings. The van der Waals surface area contributed by atoms with Gasteiger partial charge in [0.25, 0.3) is 0 Å². The van der Waals surface area contributed by atoms with Gasteiger partial charge >= 0.3 is 0 Å². The van der Waals surface area contributed by atoms with Crippen LogP contribution in [0.4, 0.5) is 0 Å². The van der Waals surface area contributed by atoms with Crippen molar-refractivity contribution in [3.05, 3.63) is 0 Å². The number of piperidine rings is 1. The molecule has 5 heteroatoms. The van der Waals surface area contributed by atoms with Crippen LogP contribution in [0.1, 0.15) is 46.5 Å². The Morgan fingerprint density at radius 2 is 1.84 bits per heavy atom. The lowest BCUT2D eigenvalue weighted by atomic mass is 9.60. The third kappa shape index (κ3) is 2.42. The van der Waals surface area contributed by atoms with Gasteiger partial charge in [-0.05, 0) is 37.0 Å². The smallest absolute Gasteiger partial charge is 0.236 e. The topological polar surface area (TPSA) is 78.9 Å². The van der Waals surface area contributed by atoms with Crippen LogP contribution in [0.2, 0.25) is 0 Å². The van der Waals surface area contributed by atoms with Crippen molar-refractivity contribution in [1.29, 1.82) is 0 Å². The molecule has 1 aliphatic carbocycles. The van der Waals surface area contributed by atoms with Gasteiger partial charge in [0.05, 0.1) is 0 Å². The first-order valence-electron chi connectivity index (χ1n) is 7.08. The van der Waals surface area contributed by atoms with Crippen LogP contribution < -0.4 is 5.73 Å². The average molecular weight is 267 g/mol. The van der Waals surface area contributed by atoms with Gasteiger partial charge < -0.3 is 15.8 Å². The Morgan fingerprint density at radius 1 is 1.32 bits per heavy atom. The Morgan fingerprint density at radius 3 is 2.26 bits per heavy atom. The van der Waals surface area contributed by atoms with Crippen molar-refractivity contribution in [2.75, 3.05) is 13.1 Å². The summed E-state index contributed by atoms with van der Waals surface area (Å²) in [5.74, 6) is 0.599. The quantitative estimate of drug-likeness (QED) is 0.346. The fourth-order valence-electron chi connectivity index (χ4n) is 3.34. The van der Waals surface area contributed by atoms with Crippen LogP contribution in [-0.2, 0) is 4.79 Å². The zero-order valence-electron chi connectivity index (χ0n) is 12.1. The number of nitrogens with two attached hydrogens (primary N) is 1. The minimum atomic E-state index is -0.740. The van der Waals surface area contributed by atoms with Crippen LogP contribution in [0.5, 0.6) is 0 Å². The van der Waals surface area contributed by atoms with Gasteiger partial charge in [0.1, 0.15) is 5.41 Å². The zero-order chi connectivity index (χ0) is 14.3. The average Bonchev–Trinajstić information content (AvgIpc) is 2.33. The largest absolute Gasteiger partial charge is 0.409 e. The molecule has 0 spiro atoms. The second-order valence-corrected chi connectivity index (χ2v) is 7.04. The monoisotopic (exact) mass is 267 g/mol. The van der Waals surface area contributed by atoms with E-state index in [-0.39, 0.29) is 11.7 Å². The van der Waals surface area contributed by atoms with Gasteiger partial charge in [-0.15, -0.1) is 0 Å². The molecule has 0 atom stereocenters. The molecule has 1 heterocycles. The van der Waals surface area contributed by atoms with Crippen LogP contribution in [0, 0.1) is 16.7 Å². The van der Waals surface area contributed by atoms with Gasteiger partial charge in [-0.3, -0.25) is 4.79 Å². The van der Waals surface area contributed by atoms with Crippen LogP contribution >= 0.6 is 0 Å². The van der Waals surface area contributed by atoms with E-state index in [1.165, 1.54) is 0 Å². The predicted octanol–water partition coefficient (Wildman–Crippen LogP) is 1.80. The van der Waals surface area contributed by atoms with Gasteiger partial charge in [-0.2, -0.15) is 0 Å². The molecular weight excluding hydrogens is 242 g/mol. The molecule has 2 rings (SSSR count). The van der Waals surface area contributed by atoms with E-state index in [1.54, 1.807) is 0 Å². The molecule has 0 unspecified atom stereocenters. The summed E-state index contributed by atoms with van der Waals surface area (Å²) in [5.41, 5.74) is 5.36. The van der Waals surface area contributed by atoms with Crippen molar-refractivity contribution >= 4 is 11.7 Å². The van der Waals surface area contributed by atoms with Crippen molar-refractivity contribution < 1.29 is 10.0 Å². The number of amides is 1. The second kappa shape index (κ2) is 4.69. The van der Waals surface area contributed by atoms with Gasteiger partial charge in [-0.1, -0.05) is 25.9 Å². The summed E-state index contributed by atoms with van der Waals surface area (Å²) in [7, 11) is 0. The summed E-state index contributed by atoms with van der Waals surface area (Å²) in [6.07, 6.45) is 3.42. The molecule has 3 N–H and O–H groups in total. The molecule has 108 valence electrons. The third-order valence-electron chi connectivity index (χ3n) is 4.81. The Labute approximate surface area is 114 Å². The number of carbonyl (C=O) groups excluding carboxylic acids is 1. The fourth-order valence-corrected chi connectivity index (χ4v) is 3.34. The van der Waals surface area contributed by atoms with Crippen LogP contribution in [0.25, 0.3) is 0 Å². The number of hydrogen-bond acceptors (Lipinski definition) is 3. The second-order valence-electron chi connectivity index (χ2n) is 7.04. The summed E-state index contributed by atoms with van der Waals surface area (Å²) < 4.78 is 0. The molecule has 0 aromatic heterocycles. The molecule has 19 heavy (non-hydrogen) atoms. The lowest BCUT2D eigenvalue weighted by molar-refractivity contribution is -0.146. The molecule has 0 aromatic rings. The van der Waals surface area contributed by atoms with E-state index >= 15 is 0 Å². The van der Waals surface area contributed by atoms with E-state index in [9.17, 15) is 4.79 Å². The maximum atomic E-state index is 12.7. The Hall–Kier alpha value is -1.26. The molecule has 1 amide bonds. The Bertz CT molecular complexity index is 387. The van der Waals surface area contributed by atoms with Crippen molar-refractivity contribution in [1.82, 2.24) is 4.90 Å². The summed E-state index contributed by atoms with van der Waals surface area (Å²) in [6.45, 7) is 8.12. The number of rotatable bonds is 2. The van der Waals surface area contributed by atoms with E-state index in [1.807, 2.05) is 4.90 Å². The van der Waals surface area contributed by atoms with Crippen LogP contribution in [0.15, 0.2) is 5.16 Å². The summed E-state index contributed by atoms with van der Waals surface area (Å²) >= 11 is 0. The lowest BCUT2D eigenvalue weighted by Gasteiger charge is -2.48. The summed E-state index contributed by atoms with van der Waals surface area (Å²) in [5, 5.41) is 12.1. The highest BCUT2D eigenvalue weighted by atomic mass is 16.4. The fraction of sp³-hybridized carbons (Fsp3) is 0.857. The maximum Gasteiger partial charge on any atom is 0.236 e. The van der Waals surface area contributed by atoms with E-state index in [0.29, 0.717) is 24.2 Å². The van der Waals surface area contributed by atoms with Gasteiger partial charge in [0, 0.05) is 13.1 Å². The molecule has 0 radical (unpaired) electrons. The first-order valence-corrected chi connectivity index (χ1v) is 7.08.